The zero-order valence-corrected chi connectivity index (χ0v) is 22.6. The molecule has 4 amide bonds. The van der Waals surface area contributed by atoms with Crippen molar-refractivity contribution in [2.45, 2.75) is 64.3 Å². The fourth-order valence-corrected chi connectivity index (χ4v) is 3.43. The first-order chi connectivity index (χ1) is 17.7. The van der Waals surface area contributed by atoms with Crippen LogP contribution in [0.3, 0.4) is 0 Å². The fourth-order valence-electron chi connectivity index (χ4n) is 2.67. The molecule has 0 aliphatic carbocycles. The Morgan fingerprint density at radius 2 is 1.58 bits per heavy atom. The van der Waals surface area contributed by atoms with Crippen LogP contribution in [0.5, 0.6) is 0 Å². The van der Waals surface area contributed by atoms with Crippen LogP contribution in [-0.2, 0) is 28.8 Å². The molecule has 0 aromatic heterocycles. The van der Waals surface area contributed by atoms with Crippen LogP contribution < -0.4 is 32.7 Å². The van der Waals surface area contributed by atoms with E-state index < -0.39 is 71.0 Å². The van der Waals surface area contributed by atoms with Gasteiger partial charge in [0.1, 0.15) is 24.2 Å². The van der Waals surface area contributed by atoms with Gasteiger partial charge in [0.15, 0.2) is 0 Å². The first-order valence-electron chi connectivity index (χ1n) is 11.9. The van der Waals surface area contributed by atoms with Crippen LogP contribution in [0.2, 0.25) is 0 Å². The summed E-state index contributed by atoms with van der Waals surface area (Å²) in [5.74, 6) is -3.39. The maximum Gasteiger partial charge on any atom is 0.320 e. The number of hydrogen-bond donors (Lipinski definition) is 9. The van der Waals surface area contributed by atoms with Gasteiger partial charge in [0.2, 0.25) is 28.7 Å². The lowest BCUT2D eigenvalue weighted by molar-refractivity contribution is -0.139. The summed E-state index contributed by atoms with van der Waals surface area (Å²) < 4.78 is 0. The fraction of sp³-hybridized carbons (Fsp3) is 0.727. The largest absolute Gasteiger partial charge is 0.480 e. The molecular formula is C22H40N6O9S. The molecule has 0 rings (SSSR count). The zero-order valence-electron chi connectivity index (χ0n) is 21.8. The zero-order chi connectivity index (χ0) is 29.5. The summed E-state index contributed by atoms with van der Waals surface area (Å²) in [5.41, 5.74) is 9.89. The summed E-state index contributed by atoms with van der Waals surface area (Å²) in [5, 5.41) is 37.2. The molecule has 38 heavy (non-hydrogen) atoms. The van der Waals surface area contributed by atoms with E-state index in [0.717, 1.165) is 11.8 Å². The van der Waals surface area contributed by atoms with Crippen molar-refractivity contribution in [2.24, 2.45) is 16.9 Å². The van der Waals surface area contributed by atoms with Crippen LogP contribution >= 0.6 is 11.8 Å². The second-order valence-corrected chi connectivity index (χ2v) is 10.3. The number of hydrogen-bond acceptors (Lipinski definition) is 11. The predicted molar refractivity (Wildman–Crippen MR) is 138 cm³/mol. The molecule has 0 aliphatic heterocycles. The molecule has 0 fully saturated rings. The van der Waals surface area contributed by atoms with Crippen LogP contribution in [0.25, 0.3) is 0 Å². The number of aliphatic hydroxyl groups excluding tert-OH is 2. The van der Waals surface area contributed by atoms with Crippen molar-refractivity contribution in [3.63, 3.8) is 0 Å². The normalized spacial score (nSPS) is 14.4. The molecule has 16 heteroatoms. The second-order valence-electron chi connectivity index (χ2n) is 9.18. The van der Waals surface area contributed by atoms with E-state index in [4.69, 9.17) is 16.6 Å². The Morgan fingerprint density at radius 3 is 2.13 bits per heavy atom. The highest BCUT2D eigenvalue weighted by molar-refractivity contribution is 8.13. The highest BCUT2D eigenvalue weighted by atomic mass is 32.2. The highest BCUT2D eigenvalue weighted by Crippen LogP contribution is 2.19. The number of rotatable bonds is 18. The Labute approximate surface area is 225 Å². The lowest BCUT2D eigenvalue weighted by atomic mass is 9.87. The molecular weight excluding hydrogens is 524 g/mol. The number of carboxylic acids is 1. The van der Waals surface area contributed by atoms with Gasteiger partial charge in [-0.15, -0.1) is 0 Å². The molecule has 15 nitrogen and oxygen atoms in total. The number of nitrogens with two attached hydrogens (primary N) is 2. The summed E-state index contributed by atoms with van der Waals surface area (Å²) in [6.07, 6.45) is -1.80. The monoisotopic (exact) mass is 564 g/mol. The summed E-state index contributed by atoms with van der Waals surface area (Å²) in [6.45, 7) is 3.93. The molecule has 0 saturated carbocycles. The van der Waals surface area contributed by atoms with Crippen LogP contribution in [-0.4, -0.2) is 106 Å². The van der Waals surface area contributed by atoms with E-state index in [-0.39, 0.29) is 44.6 Å². The molecule has 11 N–H and O–H groups in total. The van der Waals surface area contributed by atoms with Crippen molar-refractivity contribution < 1.29 is 44.1 Å². The third-order valence-electron chi connectivity index (χ3n) is 5.32. The maximum atomic E-state index is 12.4. The van der Waals surface area contributed by atoms with Gasteiger partial charge < -0.3 is 48.1 Å². The number of nitrogens with one attached hydrogen (secondary N) is 4. The van der Waals surface area contributed by atoms with E-state index in [1.165, 1.54) is 20.8 Å². The molecule has 0 saturated heterocycles. The molecule has 0 heterocycles. The minimum Gasteiger partial charge on any atom is -0.480 e. The van der Waals surface area contributed by atoms with Crippen molar-refractivity contribution >= 4 is 46.5 Å². The molecule has 0 bridgehead atoms. The Hall–Kier alpha value is -2.79. The lowest BCUT2D eigenvalue weighted by Crippen LogP contribution is -2.52. The minimum atomic E-state index is -1.43. The van der Waals surface area contributed by atoms with E-state index in [1.807, 2.05) is 0 Å². The second kappa shape index (κ2) is 17.7. The molecule has 0 spiro atoms. The minimum absolute atomic E-state index is 0.0301. The first-order valence-corrected chi connectivity index (χ1v) is 12.9. The smallest absolute Gasteiger partial charge is 0.320 e. The van der Waals surface area contributed by atoms with Gasteiger partial charge in [-0.3, -0.25) is 28.8 Å². The quantitative estimate of drug-likeness (QED) is 0.0731. The number of carboxylic acid groups (broad SMARTS) is 1. The molecule has 0 radical (unpaired) electrons. The standard InChI is InChI=1S/C22H40N6O9S/c1-12(27-16(31)5-4-13(24)20(35)36)18(33)28-14(10-23)21(37)38-9-8-25-15(30)6-7-26-19(34)17(32)22(2,3)11-29/h12-14,17,29,32H,4-11,23-24H2,1-3H3,(H,25,30)(H,26,34)(H,27,31)(H,28,33)(H,35,36)/t12-,13-,14+,17+/m1/s1. The third-order valence-corrected chi connectivity index (χ3v) is 6.30. The van der Waals surface area contributed by atoms with Gasteiger partial charge in [-0.1, -0.05) is 25.6 Å². The van der Waals surface area contributed by atoms with Gasteiger partial charge in [-0.2, -0.15) is 0 Å². The van der Waals surface area contributed by atoms with Crippen LogP contribution in [0.4, 0.5) is 0 Å². The molecule has 218 valence electrons. The number of carbonyl (C=O) groups excluding carboxylic acids is 5. The Balaban J connectivity index is 4.32. The number of amides is 4. The highest BCUT2D eigenvalue weighted by Gasteiger charge is 2.32. The van der Waals surface area contributed by atoms with Gasteiger partial charge in [0.25, 0.3) is 0 Å². The topological polar surface area (TPSA) is 263 Å². The number of carbonyl (C=O) groups is 6. The van der Waals surface area contributed by atoms with E-state index in [0.29, 0.717) is 0 Å². The number of aliphatic carboxylic acids is 1. The Kier molecular flexibility index (Phi) is 16.4. The van der Waals surface area contributed by atoms with Gasteiger partial charge in [-0.25, -0.2) is 0 Å². The van der Waals surface area contributed by atoms with Gasteiger partial charge in [-0.05, 0) is 13.3 Å². The average molecular weight is 565 g/mol. The Bertz CT molecular complexity index is 842. The van der Waals surface area contributed by atoms with E-state index >= 15 is 0 Å². The van der Waals surface area contributed by atoms with Crippen molar-refractivity contribution in [1.82, 2.24) is 21.3 Å². The lowest BCUT2D eigenvalue weighted by Gasteiger charge is -2.27. The average Bonchev–Trinajstić information content (AvgIpc) is 2.86. The van der Waals surface area contributed by atoms with Gasteiger partial charge in [0.05, 0.1) is 6.61 Å². The molecule has 4 atom stereocenters. The van der Waals surface area contributed by atoms with Crippen molar-refractivity contribution in [3.8, 4) is 0 Å². The third kappa shape index (κ3) is 13.7. The number of thioether (sulfide) groups is 1. The molecule has 0 aliphatic rings. The van der Waals surface area contributed by atoms with E-state index in [9.17, 15) is 39.0 Å². The Morgan fingerprint density at radius 1 is 0.947 bits per heavy atom. The summed E-state index contributed by atoms with van der Waals surface area (Å²) in [7, 11) is 0. The number of aliphatic hydroxyl groups is 2. The SMILES string of the molecule is C[C@@H](NC(=O)CC[C@@H](N)C(=O)O)C(=O)N[C@@H](CN)C(=O)SCCNC(=O)CCNC(=O)[C@H](O)C(C)(C)CO. The summed E-state index contributed by atoms with van der Waals surface area (Å²) in [6, 6.07) is -3.24. The van der Waals surface area contributed by atoms with E-state index in [2.05, 4.69) is 21.3 Å². The van der Waals surface area contributed by atoms with Crippen LogP contribution in [0.15, 0.2) is 0 Å². The van der Waals surface area contributed by atoms with Crippen molar-refractivity contribution in [2.75, 3.05) is 32.0 Å². The molecule has 0 aromatic rings. The molecule has 0 aromatic carbocycles. The van der Waals surface area contributed by atoms with Gasteiger partial charge >= 0.3 is 5.97 Å². The van der Waals surface area contributed by atoms with Crippen LogP contribution in [0, 0.1) is 5.41 Å². The maximum absolute atomic E-state index is 12.4. The van der Waals surface area contributed by atoms with Crippen molar-refractivity contribution in [3.05, 3.63) is 0 Å². The summed E-state index contributed by atoms with van der Waals surface area (Å²) in [4.78, 5) is 71.0. The van der Waals surface area contributed by atoms with E-state index in [1.54, 1.807) is 0 Å². The summed E-state index contributed by atoms with van der Waals surface area (Å²) >= 11 is 0.839. The van der Waals surface area contributed by atoms with Crippen molar-refractivity contribution in [1.29, 1.82) is 0 Å². The predicted octanol–water partition coefficient (Wildman–Crippen LogP) is -3.61. The van der Waals surface area contributed by atoms with Gasteiger partial charge in [0, 0.05) is 43.6 Å². The van der Waals surface area contributed by atoms with Crippen LogP contribution in [0.1, 0.15) is 40.0 Å². The first kappa shape index (κ1) is 35.2. The molecule has 0 unspecified atom stereocenters.